The molecule has 0 fully saturated rings. The van der Waals surface area contributed by atoms with Crippen LogP contribution in [0.3, 0.4) is 0 Å². The Labute approximate surface area is 177 Å². The number of rotatable bonds is 8. The second-order valence-corrected chi connectivity index (χ2v) is 7.28. The minimum atomic E-state index is -0.131. The smallest absolute Gasteiger partial charge is 0.234 e. The number of amides is 1. The van der Waals surface area contributed by atoms with E-state index in [0.29, 0.717) is 23.3 Å². The number of anilines is 1. The van der Waals surface area contributed by atoms with Gasteiger partial charge in [-0.1, -0.05) is 42.1 Å². The van der Waals surface area contributed by atoms with Gasteiger partial charge >= 0.3 is 0 Å². The molecule has 2 aromatic heterocycles. The van der Waals surface area contributed by atoms with Crippen LogP contribution in [0, 0.1) is 0 Å². The van der Waals surface area contributed by atoms with Gasteiger partial charge < -0.3 is 10.1 Å². The number of aromatic nitrogens is 4. The number of nitrogens with one attached hydrogen (secondary N) is 2. The Balaban J connectivity index is 1.24. The summed E-state index contributed by atoms with van der Waals surface area (Å²) in [5, 5.41) is 10.4. The van der Waals surface area contributed by atoms with Gasteiger partial charge in [0.05, 0.1) is 5.75 Å². The molecule has 150 valence electrons. The maximum Gasteiger partial charge on any atom is 0.234 e. The SMILES string of the molecule is O=C(CSc1n[nH]c(-c2ccncc2)n1)Nc1ccc(OCc2ccccc2)cc1. The predicted octanol–water partition coefficient (Wildman–Crippen LogP) is 4.18. The van der Waals surface area contributed by atoms with Crippen LogP contribution < -0.4 is 10.1 Å². The lowest BCUT2D eigenvalue weighted by molar-refractivity contribution is -0.113. The summed E-state index contributed by atoms with van der Waals surface area (Å²) in [6.45, 7) is 0.501. The number of aromatic amines is 1. The summed E-state index contributed by atoms with van der Waals surface area (Å²) in [6.07, 6.45) is 3.38. The Bertz CT molecular complexity index is 1090. The summed E-state index contributed by atoms with van der Waals surface area (Å²) in [7, 11) is 0. The van der Waals surface area contributed by atoms with Crippen LogP contribution in [0.15, 0.2) is 84.3 Å². The van der Waals surface area contributed by atoms with E-state index in [-0.39, 0.29) is 11.7 Å². The largest absolute Gasteiger partial charge is 0.489 e. The first-order valence-electron chi connectivity index (χ1n) is 9.28. The van der Waals surface area contributed by atoms with Crippen molar-refractivity contribution in [2.75, 3.05) is 11.1 Å². The molecule has 0 aliphatic heterocycles. The van der Waals surface area contributed by atoms with Crippen LogP contribution in [0.5, 0.6) is 5.75 Å². The summed E-state index contributed by atoms with van der Waals surface area (Å²) >= 11 is 1.27. The van der Waals surface area contributed by atoms with E-state index >= 15 is 0 Å². The lowest BCUT2D eigenvalue weighted by Crippen LogP contribution is -2.14. The Morgan fingerprint density at radius 3 is 2.53 bits per heavy atom. The number of hydrogen-bond donors (Lipinski definition) is 2. The highest BCUT2D eigenvalue weighted by Gasteiger charge is 2.09. The van der Waals surface area contributed by atoms with E-state index < -0.39 is 0 Å². The highest BCUT2D eigenvalue weighted by atomic mass is 32.2. The Hall–Kier alpha value is -3.65. The monoisotopic (exact) mass is 417 g/mol. The van der Waals surface area contributed by atoms with Gasteiger partial charge in [-0.2, -0.15) is 0 Å². The highest BCUT2D eigenvalue weighted by Crippen LogP contribution is 2.20. The third-order valence-electron chi connectivity index (χ3n) is 4.14. The Kier molecular flexibility index (Phi) is 6.36. The van der Waals surface area contributed by atoms with Gasteiger partial charge in [-0.3, -0.25) is 14.9 Å². The molecule has 2 aromatic carbocycles. The maximum absolute atomic E-state index is 12.2. The second kappa shape index (κ2) is 9.71. The van der Waals surface area contributed by atoms with Gasteiger partial charge in [0.2, 0.25) is 11.1 Å². The number of pyridine rings is 1. The minimum absolute atomic E-state index is 0.131. The summed E-state index contributed by atoms with van der Waals surface area (Å²) in [6, 6.07) is 21.0. The average molecular weight is 417 g/mol. The van der Waals surface area contributed by atoms with Crippen LogP contribution in [-0.2, 0) is 11.4 Å². The molecular weight excluding hydrogens is 398 g/mol. The number of H-pyrrole nitrogens is 1. The van der Waals surface area contributed by atoms with E-state index in [4.69, 9.17) is 4.74 Å². The normalized spacial score (nSPS) is 10.5. The van der Waals surface area contributed by atoms with Gasteiger partial charge in [0.1, 0.15) is 12.4 Å². The summed E-state index contributed by atoms with van der Waals surface area (Å²) < 4.78 is 5.76. The first-order chi connectivity index (χ1) is 14.8. The molecule has 4 rings (SSSR count). The van der Waals surface area contributed by atoms with Crippen molar-refractivity contribution in [2.45, 2.75) is 11.8 Å². The van der Waals surface area contributed by atoms with Gasteiger partial charge in [-0.15, -0.1) is 5.10 Å². The van der Waals surface area contributed by atoms with Gasteiger partial charge in [0, 0.05) is 23.6 Å². The van der Waals surface area contributed by atoms with Gasteiger partial charge in [0.15, 0.2) is 5.82 Å². The van der Waals surface area contributed by atoms with Crippen LogP contribution in [0.25, 0.3) is 11.4 Å². The van der Waals surface area contributed by atoms with Gasteiger partial charge in [0.25, 0.3) is 0 Å². The van der Waals surface area contributed by atoms with Crippen LogP contribution in [0.2, 0.25) is 0 Å². The van der Waals surface area contributed by atoms with E-state index in [0.717, 1.165) is 16.9 Å². The highest BCUT2D eigenvalue weighted by molar-refractivity contribution is 7.99. The molecule has 0 saturated heterocycles. The zero-order valence-electron chi connectivity index (χ0n) is 16.0. The van der Waals surface area contributed by atoms with E-state index in [1.54, 1.807) is 12.4 Å². The summed E-state index contributed by atoms with van der Waals surface area (Å²) in [5.41, 5.74) is 2.70. The molecule has 0 atom stereocenters. The zero-order valence-corrected chi connectivity index (χ0v) is 16.8. The minimum Gasteiger partial charge on any atom is -0.489 e. The fourth-order valence-corrected chi connectivity index (χ4v) is 3.25. The molecule has 1 amide bonds. The predicted molar refractivity (Wildman–Crippen MR) is 116 cm³/mol. The molecular formula is C22H19N5O2S. The molecule has 0 spiro atoms. The molecule has 2 heterocycles. The molecule has 0 aliphatic carbocycles. The maximum atomic E-state index is 12.2. The number of nitrogens with zero attached hydrogens (tertiary/aromatic N) is 3. The van der Waals surface area contributed by atoms with Crippen LogP contribution in [-0.4, -0.2) is 31.8 Å². The van der Waals surface area contributed by atoms with Crippen molar-refractivity contribution in [3.63, 3.8) is 0 Å². The van der Waals surface area contributed by atoms with Gasteiger partial charge in [-0.05, 0) is 42.0 Å². The third kappa shape index (κ3) is 5.45. The van der Waals surface area contributed by atoms with Crippen LogP contribution >= 0.6 is 11.8 Å². The van der Waals surface area contributed by atoms with Gasteiger partial charge in [-0.25, -0.2) is 4.98 Å². The van der Waals surface area contributed by atoms with Crippen molar-refractivity contribution in [2.24, 2.45) is 0 Å². The van der Waals surface area contributed by atoms with E-state index in [9.17, 15) is 4.79 Å². The molecule has 0 unspecified atom stereocenters. The molecule has 0 aliphatic rings. The first kappa shape index (κ1) is 19.7. The number of thioether (sulfide) groups is 1. The number of hydrogen-bond acceptors (Lipinski definition) is 6. The van der Waals surface area contributed by atoms with Crippen molar-refractivity contribution in [3.8, 4) is 17.1 Å². The van der Waals surface area contributed by atoms with Crippen molar-refractivity contribution in [3.05, 3.63) is 84.7 Å². The molecule has 30 heavy (non-hydrogen) atoms. The average Bonchev–Trinajstić information content (AvgIpc) is 3.28. The van der Waals surface area contributed by atoms with E-state index in [1.165, 1.54) is 11.8 Å². The fourth-order valence-electron chi connectivity index (χ4n) is 2.65. The molecule has 7 nitrogen and oxygen atoms in total. The summed E-state index contributed by atoms with van der Waals surface area (Å²) in [4.78, 5) is 20.6. The molecule has 0 radical (unpaired) electrons. The third-order valence-corrected chi connectivity index (χ3v) is 4.98. The van der Waals surface area contributed by atoms with Crippen molar-refractivity contribution in [1.82, 2.24) is 20.2 Å². The lowest BCUT2D eigenvalue weighted by Gasteiger charge is -2.08. The molecule has 0 saturated carbocycles. The summed E-state index contributed by atoms with van der Waals surface area (Å²) in [5.74, 6) is 1.47. The fraction of sp³-hybridized carbons (Fsp3) is 0.0909. The number of benzene rings is 2. The number of carbonyl (C=O) groups excluding carboxylic acids is 1. The van der Waals surface area contributed by atoms with E-state index in [2.05, 4.69) is 25.5 Å². The Morgan fingerprint density at radius 2 is 1.77 bits per heavy atom. The standard InChI is InChI=1S/C22H19N5O2S/c28-20(15-30-22-25-21(26-27-22)17-10-12-23-13-11-17)24-18-6-8-19(9-7-18)29-14-16-4-2-1-3-5-16/h1-13H,14-15H2,(H,24,28)(H,25,26,27). The first-order valence-corrected chi connectivity index (χ1v) is 10.3. The van der Waals surface area contributed by atoms with Crippen molar-refractivity contribution >= 4 is 23.4 Å². The van der Waals surface area contributed by atoms with E-state index in [1.807, 2.05) is 66.7 Å². The number of ether oxygens (including phenoxy) is 1. The Morgan fingerprint density at radius 1 is 1.00 bits per heavy atom. The van der Waals surface area contributed by atoms with Crippen LogP contribution in [0.1, 0.15) is 5.56 Å². The number of carbonyl (C=O) groups is 1. The molecule has 8 heteroatoms. The topological polar surface area (TPSA) is 92.8 Å². The van der Waals surface area contributed by atoms with Crippen molar-refractivity contribution in [1.29, 1.82) is 0 Å². The molecule has 4 aromatic rings. The molecule has 2 N–H and O–H groups in total. The quantitative estimate of drug-likeness (QED) is 0.418. The lowest BCUT2D eigenvalue weighted by atomic mass is 10.2. The second-order valence-electron chi connectivity index (χ2n) is 6.34. The zero-order chi connectivity index (χ0) is 20.6. The molecule has 0 bridgehead atoms. The van der Waals surface area contributed by atoms with Crippen molar-refractivity contribution < 1.29 is 9.53 Å². The van der Waals surface area contributed by atoms with Crippen LogP contribution in [0.4, 0.5) is 5.69 Å².